The number of benzene rings is 1. The normalized spacial score (nSPS) is 14.2. The van der Waals surface area contributed by atoms with E-state index in [9.17, 15) is 9.59 Å². The lowest BCUT2D eigenvalue weighted by Crippen LogP contribution is -2.29. The lowest BCUT2D eigenvalue weighted by Gasteiger charge is -2.22. The lowest BCUT2D eigenvalue weighted by atomic mass is 9.93. The van der Waals surface area contributed by atoms with Crippen molar-refractivity contribution in [1.82, 2.24) is 15.5 Å². The Balaban J connectivity index is 0.00000338. The number of likely N-dealkylation sites (N-methyl/N-ethyl adjacent to an activating group) is 1. The van der Waals surface area contributed by atoms with E-state index in [2.05, 4.69) is 10.6 Å². The summed E-state index contributed by atoms with van der Waals surface area (Å²) in [4.78, 5) is 25.1. The van der Waals surface area contributed by atoms with Gasteiger partial charge in [0.25, 0.3) is 5.91 Å². The van der Waals surface area contributed by atoms with Crippen LogP contribution in [0.4, 0.5) is 0 Å². The van der Waals surface area contributed by atoms with E-state index in [0.29, 0.717) is 24.6 Å². The third kappa shape index (κ3) is 8.06. The molecule has 0 atom stereocenters. The molecule has 1 aliphatic rings. The van der Waals surface area contributed by atoms with E-state index in [1.807, 2.05) is 24.3 Å². The van der Waals surface area contributed by atoms with Crippen LogP contribution in [0.3, 0.4) is 0 Å². The summed E-state index contributed by atoms with van der Waals surface area (Å²) in [5.41, 5.74) is 0.963. The molecular weight excluding hydrogens is 354 g/mol. The fourth-order valence-corrected chi connectivity index (χ4v) is 2.81. The maximum atomic E-state index is 12.0. The highest BCUT2D eigenvalue weighted by molar-refractivity contribution is 5.85. The van der Waals surface area contributed by atoms with E-state index in [-0.39, 0.29) is 30.8 Å². The van der Waals surface area contributed by atoms with E-state index < -0.39 is 0 Å². The largest absolute Gasteiger partial charge is 0.484 e. The Kier molecular flexibility index (Phi) is 10.1. The molecule has 6 nitrogen and oxygen atoms in total. The standard InChI is InChI=1S/C19H29N3O3.ClH/c1-22(2)19(24)14-25-17-5-3-4-16(12-17)13-21-18(23)7-6-15-8-10-20-11-9-15;/h3-5,12,15,20H,6-11,13-14H2,1-2H3,(H,21,23);1H. The van der Waals surface area contributed by atoms with Crippen molar-refractivity contribution in [2.45, 2.75) is 32.2 Å². The van der Waals surface area contributed by atoms with Crippen molar-refractivity contribution in [3.63, 3.8) is 0 Å². The molecular formula is C19H30ClN3O3. The molecule has 1 saturated heterocycles. The second-order valence-corrected chi connectivity index (χ2v) is 6.73. The summed E-state index contributed by atoms with van der Waals surface area (Å²) in [6.07, 6.45) is 3.87. The van der Waals surface area contributed by atoms with Crippen LogP contribution < -0.4 is 15.4 Å². The third-order valence-corrected chi connectivity index (χ3v) is 4.49. The molecule has 7 heteroatoms. The summed E-state index contributed by atoms with van der Waals surface area (Å²) >= 11 is 0. The van der Waals surface area contributed by atoms with Gasteiger partial charge in [-0.25, -0.2) is 0 Å². The Labute approximate surface area is 162 Å². The van der Waals surface area contributed by atoms with E-state index in [0.717, 1.165) is 25.1 Å². The first-order chi connectivity index (χ1) is 12.0. The first-order valence-electron chi connectivity index (χ1n) is 8.94. The SMILES string of the molecule is CN(C)C(=O)COc1cccc(CNC(=O)CCC2CCNCC2)c1.Cl. The van der Waals surface area contributed by atoms with Gasteiger partial charge in [0.15, 0.2) is 6.61 Å². The van der Waals surface area contributed by atoms with Crippen molar-refractivity contribution in [2.24, 2.45) is 5.92 Å². The van der Waals surface area contributed by atoms with Gasteiger partial charge < -0.3 is 20.3 Å². The molecule has 1 heterocycles. The van der Waals surface area contributed by atoms with Gasteiger partial charge in [-0.3, -0.25) is 9.59 Å². The van der Waals surface area contributed by atoms with Crippen LogP contribution in [0.5, 0.6) is 5.75 Å². The molecule has 0 spiro atoms. The topological polar surface area (TPSA) is 70.7 Å². The van der Waals surface area contributed by atoms with Gasteiger partial charge in [-0.15, -0.1) is 12.4 Å². The number of carbonyl (C=O) groups is 2. The van der Waals surface area contributed by atoms with Crippen molar-refractivity contribution >= 4 is 24.2 Å². The smallest absolute Gasteiger partial charge is 0.259 e. The highest BCUT2D eigenvalue weighted by Crippen LogP contribution is 2.18. The van der Waals surface area contributed by atoms with Crippen molar-refractivity contribution in [1.29, 1.82) is 0 Å². The molecule has 2 N–H and O–H groups in total. The van der Waals surface area contributed by atoms with E-state index >= 15 is 0 Å². The number of rotatable bonds is 8. The van der Waals surface area contributed by atoms with Gasteiger partial charge in [-0.1, -0.05) is 12.1 Å². The van der Waals surface area contributed by atoms with Crippen molar-refractivity contribution in [2.75, 3.05) is 33.8 Å². The Morgan fingerprint density at radius 2 is 2.00 bits per heavy atom. The molecule has 1 aliphatic heterocycles. The van der Waals surface area contributed by atoms with Gasteiger partial charge in [0.2, 0.25) is 5.91 Å². The first-order valence-corrected chi connectivity index (χ1v) is 8.94. The van der Waals surface area contributed by atoms with Crippen LogP contribution >= 0.6 is 12.4 Å². The van der Waals surface area contributed by atoms with Crippen LogP contribution in [0, 0.1) is 5.92 Å². The Bertz CT molecular complexity index is 575. The van der Waals surface area contributed by atoms with Crippen LogP contribution in [0.25, 0.3) is 0 Å². The van der Waals surface area contributed by atoms with Crippen molar-refractivity contribution in [3.05, 3.63) is 29.8 Å². The summed E-state index contributed by atoms with van der Waals surface area (Å²) in [5.74, 6) is 1.30. The van der Waals surface area contributed by atoms with Crippen LogP contribution in [0.2, 0.25) is 0 Å². The molecule has 0 saturated carbocycles. The molecule has 0 unspecified atom stereocenters. The van der Waals surface area contributed by atoms with E-state index in [1.165, 1.54) is 17.7 Å². The fraction of sp³-hybridized carbons (Fsp3) is 0.579. The highest BCUT2D eigenvalue weighted by atomic mass is 35.5. The fourth-order valence-electron chi connectivity index (χ4n) is 2.81. The molecule has 1 fully saturated rings. The molecule has 1 aromatic rings. The van der Waals surface area contributed by atoms with Gasteiger partial charge in [-0.2, -0.15) is 0 Å². The molecule has 0 radical (unpaired) electrons. The molecule has 0 aromatic heterocycles. The zero-order valence-electron chi connectivity index (χ0n) is 15.6. The number of piperidine rings is 1. The van der Waals surface area contributed by atoms with E-state index in [4.69, 9.17) is 4.74 Å². The predicted molar refractivity (Wildman–Crippen MR) is 105 cm³/mol. The molecule has 26 heavy (non-hydrogen) atoms. The second kappa shape index (κ2) is 11.8. The van der Waals surface area contributed by atoms with Crippen LogP contribution in [-0.4, -0.2) is 50.5 Å². The van der Waals surface area contributed by atoms with Gasteiger partial charge in [0.05, 0.1) is 0 Å². The number of nitrogens with zero attached hydrogens (tertiary/aromatic N) is 1. The number of carbonyl (C=O) groups excluding carboxylic acids is 2. The van der Waals surface area contributed by atoms with Crippen LogP contribution in [0.1, 0.15) is 31.2 Å². The Hall–Kier alpha value is -1.79. The lowest BCUT2D eigenvalue weighted by molar-refractivity contribution is -0.130. The number of nitrogens with one attached hydrogen (secondary N) is 2. The van der Waals surface area contributed by atoms with Gasteiger partial charge in [0, 0.05) is 27.1 Å². The Morgan fingerprint density at radius 1 is 1.27 bits per heavy atom. The third-order valence-electron chi connectivity index (χ3n) is 4.49. The van der Waals surface area contributed by atoms with E-state index in [1.54, 1.807) is 14.1 Å². The Morgan fingerprint density at radius 3 is 2.69 bits per heavy atom. The van der Waals surface area contributed by atoms with Gasteiger partial charge >= 0.3 is 0 Å². The second-order valence-electron chi connectivity index (χ2n) is 6.73. The highest BCUT2D eigenvalue weighted by Gasteiger charge is 2.14. The monoisotopic (exact) mass is 383 g/mol. The molecule has 2 amide bonds. The quantitative estimate of drug-likeness (QED) is 0.720. The average molecular weight is 384 g/mol. The zero-order valence-corrected chi connectivity index (χ0v) is 16.4. The summed E-state index contributed by atoms with van der Waals surface area (Å²) in [6.45, 7) is 2.62. The number of halogens is 1. The van der Waals surface area contributed by atoms with Gasteiger partial charge in [0.1, 0.15) is 5.75 Å². The number of amides is 2. The zero-order chi connectivity index (χ0) is 18.1. The number of hydrogen-bond donors (Lipinski definition) is 2. The minimum atomic E-state index is -0.0865. The minimum Gasteiger partial charge on any atom is -0.484 e. The molecule has 146 valence electrons. The maximum Gasteiger partial charge on any atom is 0.259 e. The number of ether oxygens (including phenoxy) is 1. The van der Waals surface area contributed by atoms with Crippen molar-refractivity contribution < 1.29 is 14.3 Å². The predicted octanol–water partition coefficient (Wildman–Crippen LogP) is 1.97. The summed E-state index contributed by atoms with van der Waals surface area (Å²) < 4.78 is 5.49. The van der Waals surface area contributed by atoms with Gasteiger partial charge in [-0.05, 0) is 56.0 Å². The summed E-state index contributed by atoms with van der Waals surface area (Å²) in [6, 6.07) is 7.47. The molecule has 2 rings (SSSR count). The van der Waals surface area contributed by atoms with Crippen LogP contribution in [-0.2, 0) is 16.1 Å². The first kappa shape index (κ1) is 22.3. The minimum absolute atomic E-state index is 0. The molecule has 1 aromatic carbocycles. The van der Waals surface area contributed by atoms with Crippen molar-refractivity contribution in [3.8, 4) is 5.75 Å². The molecule has 0 bridgehead atoms. The number of hydrogen-bond acceptors (Lipinski definition) is 4. The maximum absolute atomic E-state index is 12.0. The van der Waals surface area contributed by atoms with Crippen LogP contribution in [0.15, 0.2) is 24.3 Å². The molecule has 0 aliphatic carbocycles. The summed E-state index contributed by atoms with van der Waals surface area (Å²) in [7, 11) is 3.39. The average Bonchev–Trinajstić information content (AvgIpc) is 2.63. The summed E-state index contributed by atoms with van der Waals surface area (Å²) in [5, 5.41) is 6.31.